The van der Waals surface area contributed by atoms with Gasteiger partial charge < -0.3 is 0 Å². The van der Waals surface area contributed by atoms with Crippen LogP contribution in [0.1, 0.15) is 28.5 Å². The third-order valence-electron chi connectivity index (χ3n) is 4.19. The molecule has 1 aromatic heterocycles. The van der Waals surface area contributed by atoms with Gasteiger partial charge in [-0.2, -0.15) is 10.2 Å². The van der Waals surface area contributed by atoms with Crippen molar-refractivity contribution in [3.05, 3.63) is 97.8 Å². The first kappa shape index (κ1) is 20.3. The molecule has 0 aliphatic heterocycles. The molecule has 3 aromatic rings. The molecule has 1 N–H and O–H groups in total. The summed E-state index contributed by atoms with van der Waals surface area (Å²) in [5.74, 6) is -0.515. The van der Waals surface area contributed by atoms with Crippen molar-refractivity contribution in [2.45, 2.75) is 13.5 Å². The van der Waals surface area contributed by atoms with Crippen LogP contribution in [0.5, 0.6) is 0 Å². The number of amides is 1. The maximum absolute atomic E-state index is 12.3. The van der Waals surface area contributed by atoms with Crippen molar-refractivity contribution >= 4 is 23.0 Å². The second kappa shape index (κ2) is 8.73. The van der Waals surface area contributed by atoms with Gasteiger partial charge in [-0.3, -0.25) is 29.7 Å². The van der Waals surface area contributed by atoms with Crippen molar-refractivity contribution in [3.63, 3.8) is 0 Å². The van der Waals surface area contributed by atoms with Crippen LogP contribution in [0.3, 0.4) is 0 Å². The number of hydrazone groups is 1. The van der Waals surface area contributed by atoms with Crippen LogP contribution in [0.25, 0.3) is 0 Å². The Morgan fingerprint density at radius 2 is 1.57 bits per heavy atom. The Balaban J connectivity index is 1.62. The van der Waals surface area contributed by atoms with Gasteiger partial charge in [0.05, 0.1) is 22.1 Å². The van der Waals surface area contributed by atoms with Crippen molar-refractivity contribution in [2.75, 3.05) is 0 Å². The number of aromatic nitrogens is 2. The zero-order chi connectivity index (χ0) is 21.7. The molecule has 0 unspecified atom stereocenters. The summed E-state index contributed by atoms with van der Waals surface area (Å²) in [5.41, 5.74) is 4.41. The molecule has 11 nitrogen and oxygen atoms in total. The maximum Gasteiger partial charge on any atom is 0.291 e. The predicted molar refractivity (Wildman–Crippen MR) is 107 cm³/mol. The average Bonchev–Trinajstić information content (AvgIpc) is 3.20. The van der Waals surface area contributed by atoms with Gasteiger partial charge in [-0.05, 0) is 36.2 Å². The first-order valence-electron chi connectivity index (χ1n) is 8.70. The van der Waals surface area contributed by atoms with Crippen LogP contribution in [0, 0.1) is 20.2 Å². The average molecular weight is 408 g/mol. The van der Waals surface area contributed by atoms with Crippen molar-refractivity contribution in [1.29, 1.82) is 0 Å². The maximum atomic E-state index is 12.3. The second-order valence-electron chi connectivity index (χ2n) is 6.26. The highest BCUT2D eigenvalue weighted by Crippen LogP contribution is 2.14. The SMILES string of the molecule is C/C(=N/NC(=O)c1ccn(Cc2ccc([N+](=O)[O-])cc2)n1)c1ccc([N+](=O)[O-])cc1. The number of nitrogens with one attached hydrogen (secondary N) is 1. The first-order chi connectivity index (χ1) is 14.3. The lowest BCUT2D eigenvalue weighted by atomic mass is 10.1. The minimum absolute atomic E-state index is 0.000495. The van der Waals surface area contributed by atoms with Crippen LogP contribution >= 0.6 is 0 Å². The largest absolute Gasteiger partial charge is 0.291 e. The molecular formula is C19H16N6O5. The van der Waals surface area contributed by atoms with Crippen molar-refractivity contribution in [1.82, 2.24) is 15.2 Å². The van der Waals surface area contributed by atoms with E-state index in [-0.39, 0.29) is 17.1 Å². The van der Waals surface area contributed by atoms with E-state index in [1.165, 1.54) is 35.0 Å². The zero-order valence-electron chi connectivity index (χ0n) is 15.8. The molecule has 0 fully saturated rings. The van der Waals surface area contributed by atoms with Crippen LogP contribution < -0.4 is 5.43 Å². The van der Waals surface area contributed by atoms with E-state index in [9.17, 15) is 25.0 Å². The number of non-ortho nitro benzene ring substituents is 2. The van der Waals surface area contributed by atoms with Gasteiger partial charge >= 0.3 is 0 Å². The monoisotopic (exact) mass is 408 g/mol. The van der Waals surface area contributed by atoms with Gasteiger partial charge in [0.15, 0.2) is 5.69 Å². The van der Waals surface area contributed by atoms with Crippen molar-refractivity contribution in [3.8, 4) is 0 Å². The van der Waals surface area contributed by atoms with Crippen LogP contribution in [0.4, 0.5) is 11.4 Å². The molecule has 30 heavy (non-hydrogen) atoms. The lowest BCUT2D eigenvalue weighted by Crippen LogP contribution is -2.20. The lowest BCUT2D eigenvalue weighted by molar-refractivity contribution is -0.385. The summed E-state index contributed by atoms with van der Waals surface area (Å²) >= 11 is 0. The van der Waals surface area contributed by atoms with E-state index in [1.807, 2.05) is 0 Å². The predicted octanol–water partition coefficient (Wildman–Crippen LogP) is 2.90. The molecule has 0 aliphatic carbocycles. The summed E-state index contributed by atoms with van der Waals surface area (Å²) in [6.45, 7) is 2.00. The molecule has 3 rings (SSSR count). The molecule has 0 spiro atoms. The fourth-order valence-corrected chi connectivity index (χ4v) is 2.56. The Morgan fingerprint density at radius 1 is 1.00 bits per heavy atom. The van der Waals surface area contributed by atoms with Crippen molar-refractivity contribution in [2.24, 2.45) is 5.10 Å². The highest BCUT2D eigenvalue weighted by atomic mass is 16.6. The summed E-state index contributed by atoms with van der Waals surface area (Å²) in [4.78, 5) is 32.7. The van der Waals surface area contributed by atoms with Gasteiger partial charge in [-0.25, -0.2) is 5.43 Å². The number of hydrogen-bond donors (Lipinski definition) is 1. The van der Waals surface area contributed by atoms with E-state index in [4.69, 9.17) is 0 Å². The molecule has 1 heterocycles. The van der Waals surface area contributed by atoms with E-state index in [0.717, 1.165) is 5.56 Å². The minimum atomic E-state index is -0.515. The molecule has 2 aromatic carbocycles. The fourth-order valence-electron chi connectivity index (χ4n) is 2.56. The Bertz CT molecular complexity index is 1120. The molecule has 0 saturated heterocycles. The van der Waals surface area contributed by atoms with Crippen LogP contribution in [0.15, 0.2) is 65.9 Å². The van der Waals surface area contributed by atoms with Crippen LogP contribution in [0.2, 0.25) is 0 Å². The number of nitro groups is 2. The fraction of sp³-hybridized carbons (Fsp3) is 0.105. The standard InChI is InChI=1S/C19H16N6O5/c1-13(15-4-8-17(9-5-15)25(29)30)20-21-19(26)18-10-11-23(22-18)12-14-2-6-16(7-3-14)24(27)28/h2-11H,12H2,1H3,(H,21,26)/b20-13-. The van der Waals surface area contributed by atoms with Gasteiger partial charge in [0.1, 0.15) is 0 Å². The highest BCUT2D eigenvalue weighted by molar-refractivity contribution is 6.00. The van der Waals surface area contributed by atoms with E-state index in [0.29, 0.717) is 17.8 Å². The Kier molecular flexibility index (Phi) is 5.92. The summed E-state index contributed by atoms with van der Waals surface area (Å²) in [6.07, 6.45) is 1.61. The molecule has 0 radical (unpaired) electrons. The summed E-state index contributed by atoms with van der Waals surface area (Å²) in [6, 6.07) is 13.4. The molecule has 0 aliphatic rings. The number of rotatable bonds is 7. The van der Waals surface area contributed by atoms with Crippen molar-refractivity contribution < 1.29 is 14.6 Å². The highest BCUT2D eigenvalue weighted by Gasteiger charge is 2.11. The number of benzene rings is 2. The van der Waals surface area contributed by atoms with Gasteiger partial charge in [0.2, 0.25) is 0 Å². The third kappa shape index (κ3) is 4.90. The quantitative estimate of drug-likeness (QED) is 0.361. The molecule has 0 bridgehead atoms. The Labute approximate surface area is 169 Å². The zero-order valence-corrected chi connectivity index (χ0v) is 15.8. The molecule has 0 atom stereocenters. The number of hydrogen-bond acceptors (Lipinski definition) is 7. The van der Waals surface area contributed by atoms with E-state index >= 15 is 0 Å². The number of carbonyl (C=O) groups excluding carboxylic acids is 1. The normalized spacial score (nSPS) is 11.2. The number of nitro benzene ring substituents is 2. The molecule has 1 amide bonds. The van der Waals surface area contributed by atoms with Crippen LogP contribution in [-0.4, -0.2) is 31.2 Å². The second-order valence-corrected chi connectivity index (χ2v) is 6.26. The molecular weight excluding hydrogens is 392 g/mol. The van der Waals surface area contributed by atoms with Gasteiger partial charge in [0.25, 0.3) is 17.3 Å². The summed E-state index contributed by atoms with van der Waals surface area (Å²) in [7, 11) is 0. The molecule has 152 valence electrons. The molecule has 11 heteroatoms. The smallest absolute Gasteiger partial charge is 0.268 e. The molecule has 0 saturated carbocycles. The van der Waals surface area contributed by atoms with E-state index in [1.54, 1.807) is 37.4 Å². The minimum Gasteiger partial charge on any atom is -0.268 e. The lowest BCUT2D eigenvalue weighted by Gasteiger charge is -2.03. The number of nitrogens with zero attached hydrogens (tertiary/aromatic N) is 5. The van der Waals surface area contributed by atoms with E-state index < -0.39 is 15.8 Å². The topological polar surface area (TPSA) is 146 Å². The van der Waals surface area contributed by atoms with Gasteiger partial charge in [0, 0.05) is 30.5 Å². The summed E-state index contributed by atoms with van der Waals surface area (Å²) < 4.78 is 1.53. The third-order valence-corrected chi connectivity index (χ3v) is 4.19. The van der Waals surface area contributed by atoms with Gasteiger partial charge in [-0.1, -0.05) is 12.1 Å². The Morgan fingerprint density at radius 3 is 2.13 bits per heavy atom. The number of carbonyl (C=O) groups is 1. The van der Waals surface area contributed by atoms with E-state index in [2.05, 4.69) is 15.6 Å². The summed E-state index contributed by atoms with van der Waals surface area (Å²) in [5, 5.41) is 29.6. The van der Waals surface area contributed by atoms with Gasteiger partial charge in [-0.15, -0.1) is 0 Å². The first-order valence-corrected chi connectivity index (χ1v) is 8.70. The Hall–Kier alpha value is -4.41. The van der Waals surface area contributed by atoms with Crippen LogP contribution in [-0.2, 0) is 6.54 Å².